The molecular weight excluding hydrogens is 497 g/mol. The summed E-state index contributed by atoms with van der Waals surface area (Å²) in [5.74, 6) is 0.491. The number of amides is 1. The number of halogens is 3. The second-order valence-corrected chi connectivity index (χ2v) is 8.92. The number of hydrogen-bond donors (Lipinski definition) is 3. The number of nitrogens with two attached hydrogens (primary N) is 1. The summed E-state index contributed by atoms with van der Waals surface area (Å²) in [6.45, 7) is 3.03. The lowest BCUT2D eigenvalue weighted by Gasteiger charge is -2.28. The molecule has 1 fully saturated rings. The Morgan fingerprint density at radius 1 is 1.05 bits per heavy atom. The Kier molecular flexibility index (Phi) is 7.12. The lowest BCUT2D eigenvalue weighted by atomic mass is 10.0. The first-order valence-electron chi connectivity index (χ1n) is 12.0. The molecule has 1 aliphatic heterocycles. The van der Waals surface area contributed by atoms with Gasteiger partial charge in [-0.25, -0.2) is 9.97 Å². The number of ether oxygens (including phenoxy) is 1. The number of aromatic nitrogens is 2. The molecule has 0 aliphatic carbocycles. The number of nitrogens with one attached hydrogen (secondary N) is 2. The van der Waals surface area contributed by atoms with E-state index in [-0.39, 0.29) is 29.5 Å². The molecule has 0 unspecified atom stereocenters. The van der Waals surface area contributed by atoms with Crippen molar-refractivity contribution in [2.75, 3.05) is 37.2 Å². The standard InChI is InChI=1S/C27H25F3N6O2/c28-27(29,30)23-13-19(5-4-18(23)15-36-10-8-32-9-11-36)35-26(37)22-3-1-2-17-12-20(6-7-21(17)22)38-25-14-24(31)33-16-34-25/h1-7,12-14,16,32H,8-11,15H2,(H,35,37)(H2,31,33,34). The van der Waals surface area contributed by atoms with E-state index in [1.165, 1.54) is 24.5 Å². The Bertz CT molecular complexity index is 1470. The van der Waals surface area contributed by atoms with Crippen molar-refractivity contribution in [3.05, 3.63) is 83.7 Å². The van der Waals surface area contributed by atoms with Gasteiger partial charge >= 0.3 is 6.18 Å². The highest BCUT2D eigenvalue weighted by molar-refractivity contribution is 6.13. The SMILES string of the molecule is Nc1cc(Oc2ccc3c(C(=O)Nc4ccc(CN5CCNCC5)c(C(F)(F)F)c4)cccc3c2)ncn1. The second-order valence-electron chi connectivity index (χ2n) is 8.92. The summed E-state index contributed by atoms with van der Waals surface area (Å²) in [4.78, 5) is 22.9. The number of carbonyl (C=O) groups excluding carboxylic acids is 1. The van der Waals surface area contributed by atoms with Crippen molar-refractivity contribution in [1.82, 2.24) is 20.2 Å². The lowest BCUT2D eigenvalue weighted by Crippen LogP contribution is -2.43. The molecule has 0 bridgehead atoms. The van der Waals surface area contributed by atoms with Gasteiger partial charge in [0.15, 0.2) is 0 Å². The molecule has 1 aromatic heterocycles. The number of nitrogen functional groups attached to an aromatic ring is 1. The summed E-state index contributed by atoms with van der Waals surface area (Å²) in [5.41, 5.74) is 5.48. The molecule has 196 valence electrons. The molecule has 0 saturated carbocycles. The van der Waals surface area contributed by atoms with Crippen LogP contribution in [0.5, 0.6) is 11.6 Å². The predicted molar refractivity (Wildman–Crippen MR) is 138 cm³/mol. The van der Waals surface area contributed by atoms with E-state index in [4.69, 9.17) is 10.5 Å². The molecule has 5 rings (SSSR count). The zero-order chi connectivity index (χ0) is 26.7. The van der Waals surface area contributed by atoms with Crippen LogP contribution in [-0.4, -0.2) is 47.0 Å². The van der Waals surface area contributed by atoms with Crippen LogP contribution in [0.25, 0.3) is 10.8 Å². The third-order valence-electron chi connectivity index (χ3n) is 6.26. The lowest BCUT2D eigenvalue weighted by molar-refractivity contribution is -0.138. The van der Waals surface area contributed by atoms with Crippen molar-refractivity contribution in [2.45, 2.75) is 12.7 Å². The van der Waals surface area contributed by atoms with Crippen molar-refractivity contribution in [2.24, 2.45) is 0 Å². The van der Waals surface area contributed by atoms with Crippen LogP contribution < -0.4 is 21.1 Å². The van der Waals surface area contributed by atoms with Crippen molar-refractivity contribution in [3.8, 4) is 11.6 Å². The van der Waals surface area contributed by atoms with E-state index in [0.717, 1.165) is 19.2 Å². The maximum atomic E-state index is 13.9. The Balaban J connectivity index is 1.37. The minimum absolute atomic E-state index is 0.0738. The van der Waals surface area contributed by atoms with Gasteiger partial charge in [-0.3, -0.25) is 9.69 Å². The number of nitrogens with zero attached hydrogens (tertiary/aromatic N) is 3. The van der Waals surface area contributed by atoms with Crippen LogP contribution >= 0.6 is 0 Å². The number of rotatable bonds is 6. The first-order valence-corrected chi connectivity index (χ1v) is 12.0. The smallest absolute Gasteiger partial charge is 0.416 e. The maximum absolute atomic E-state index is 13.9. The molecule has 38 heavy (non-hydrogen) atoms. The fourth-order valence-electron chi connectivity index (χ4n) is 4.42. The van der Waals surface area contributed by atoms with E-state index in [1.54, 1.807) is 36.4 Å². The van der Waals surface area contributed by atoms with Crippen molar-refractivity contribution >= 4 is 28.2 Å². The molecule has 3 aromatic carbocycles. The third kappa shape index (κ3) is 5.84. The van der Waals surface area contributed by atoms with Crippen molar-refractivity contribution in [1.29, 1.82) is 0 Å². The van der Waals surface area contributed by atoms with Gasteiger partial charge in [-0.1, -0.05) is 18.2 Å². The summed E-state index contributed by atoms with van der Waals surface area (Å²) < 4.78 is 47.4. The highest BCUT2D eigenvalue weighted by Crippen LogP contribution is 2.35. The third-order valence-corrected chi connectivity index (χ3v) is 6.26. The van der Waals surface area contributed by atoms with Gasteiger partial charge in [0.05, 0.1) is 5.56 Å². The average Bonchev–Trinajstić information content (AvgIpc) is 2.89. The quantitative estimate of drug-likeness (QED) is 0.338. The number of carbonyl (C=O) groups is 1. The number of benzene rings is 3. The fraction of sp³-hybridized carbons (Fsp3) is 0.222. The highest BCUT2D eigenvalue weighted by atomic mass is 19.4. The molecule has 0 radical (unpaired) electrons. The van der Waals surface area contributed by atoms with E-state index in [9.17, 15) is 18.0 Å². The summed E-state index contributed by atoms with van der Waals surface area (Å²) in [6.07, 6.45) is -3.26. The average molecular weight is 523 g/mol. The molecule has 1 saturated heterocycles. The first-order chi connectivity index (χ1) is 18.3. The van der Waals surface area contributed by atoms with Crippen LogP contribution in [0.3, 0.4) is 0 Å². The normalized spacial score (nSPS) is 14.4. The molecule has 4 N–H and O–H groups in total. The first kappa shape index (κ1) is 25.4. The van der Waals surface area contributed by atoms with Crippen molar-refractivity contribution in [3.63, 3.8) is 0 Å². The van der Waals surface area contributed by atoms with Crippen LogP contribution in [-0.2, 0) is 12.7 Å². The number of hydrogen-bond acceptors (Lipinski definition) is 7. The zero-order valence-electron chi connectivity index (χ0n) is 20.3. The molecule has 8 nitrogen and oxygen atoms in total. The van der Waals surface area contributed by atoms with E-state index in [2.05, 4.69) is 20.6 Å². The molecule has 11 heteroatoms. The Hall–Kier alpha value is -4.22. The summed E-state index contributed by atoms with van der Waals surface area (Å²) >= 11 is 0. The second kappa shape index (κ2) is 10.6. The predicted octanol–water partition coefficient (Wildman–Crippen LogP) is 4.68. The van der Waals surface area contributed by atoms with Gasteiger partial charge in [0.25, 0.3) is 5.91 Å². The highest BCUT2D eigenvalue weighted by Gasteiger charge is 2.34. The van der Waals surface area contributed by atoms with Gasteiger partial charge in [0, 0.05) is 50.0 Å². The largest absolute Gasteiger partial charge is 0.439 e. The fourth-order valence-corrected chi connectivity index (χ4v) is 4.42. The molecule has 1 aliphatic rings. The van der Waals surface area contributed by atoms with E-state index >= 15 is 0 Å². The van der Waals surface area contributed by atoms with Gasteiger partial charge in [-0.15, -0.1) is 0 Å². The zero-order valence-corrected chi connectivity index (χ0v) is 20.3. The van der Waals surface area contributed by atoms with Gasteiger partial charge in [-0.2, -0.15) is 13.2 Å². The minimum atomic E-state index is -4.55. The molecule has 0 atom stereocenters. The van der Waals surface area contributed by atoms with Gasteiger partial charge in [0.2, 0.25) is 5.88 Å². The minimum Gasteiger partial charge on any atom is -0.439 e. The molecule has 1 amide bonds. The van der Waals surface area contributed by atoms with Gasteiger partial charge < -0.3 is 21.1 Å². The maximum Gasteiger partial charge on any atom is 0.416 e. The van der Waals surface area contributed by atoms with Crippen LogP contribution in [0.1, 0.15) is 21.5 Å². The number of piperazine rings is 1. The van der Waals surface area contributed by atoms with Crippen LogP contribution in [0.2, 0.25) is 0 Å². The van der Waals surface area contributed by atoms with E-state index in [0.29, 0.717) is 35.2 Å². The molecule has 0 spiro atoms. The number of anilines is 2. The van der Waals surface area contributed by atoms with Gasteiger partial charge in [0.1, 0.15) is 17.9 Å². The summed E-state index contributed by atoms with van der Waals surface area (Å²) in [5, 5.41) is 7.15. The Morgan fingerprint density at radius 2 is 1.87 bits per heavy atom. The Morgan fingerprint density at radius 3 is 2.63 bits per heavy atom. The van der Waals surface area contributed by atoms with E-state index < -0.39 is 17.6 Å². The molecule has 2 heterocycles. The Labute approximate surface area is 216 Å². The monoisotopic (exact) mass is 522 g/mol. The van der Waals surface area contributed by atoms with E-state index in [1.807, 2.05) is 4.90 Å². The van der Waals surface area contributed by atoms with Gasteiger partial charge in [-0.05, 0) is 52.7 Å². The van der Waals surface area contributed by atoms with Crippen LogP contribution in [0, 0.1) is 0 Å². The summed E-state index contributed by atoms with van der Waals surface area (Å²) in [6, 6.07) is 15.7. The molecular formula is C27H25F3N6O2. The molecule has 4 aromatic rings. The number of alkyl halides is 3. The topological polar surface area (TPSA) is 105 Å². The van der Waals surface area contributed by atoms with Crippen molar-refractivity contribution < 1.29 is 22.7 Å². The summed E-state index contributed by atoms with van der Waals surface area (Å²) in [7, 11) is 0. The number of fused-ring (bicyclic) bond motifs is 1. The van der Waals surface area contributed by atoms with Crippen LogP contribution in [0.15, 0.2) is 67.0 Å². The van der Waals surface area contributed by atoms with Crippen LogP contribution in [0.4, 0.5) is 24.7 Å².